The van der Waals surface area contributed by atoms with Crippen LogP contribution in [-0.2, 0) is 6.54 Å². The van der Waals surface area contributed by atoms with Crippen LogP contribution in [0.25, 0.3) is 10.9 Å². The van der Waals surface area contributed by atoms with Gasteiger partial charge in [0, 0.05) is 42.3 Å². The average Bonchev–Trinajstić information content (AvgIpc) is 2.76. The van der Waals surface area contributed by atoms with Gasteiger partial charge in [-0.3, -0.25) is 9.69 Å². The van der Waals surface area contributed by atoms with E-state index in [1.807, 2.05) is 0 Å². The Hall–Kier alpha value is -1.72. The smallest absolute Gasteiger partial charge is 0.189 e. The summed E-state index contributed by atoms with van der Waals surface area (Å²) in [5.41, 5.74) is 1.25. The Morgan fingerprint density at radius 3 is 3.00 bits per heavy atom. The largest absolute Gasteiger partial charge is 0.392 e. The molecule has 3 rings (SSSR count). The summed E-state index contributed by atoms with van der Waals surface area (Å²) in [7, 11) is 0. The number of pyridine rings is 1. The van der Waals surface area contributed by atoms with E-state index in [-0.39, 0.29) is 11.5 Å². The van der Waals surface area contributed by atoms with Crippen LogP contribution in [0.15, 0.2) is 29.1 Å². The standard InChI is InChI=1S/C14H15FN2O2/c15-9-1-2-13-12(5-9)14(19)6-10(16-13)7-17-4-3-11(18)8-17/h1-2,5-6,11,18H,3-4,7-8H2,(H,16,19). The number of aromatic amines is 1. The quantitative estimate of drug-likeness (QED) is 0.856. The molecule has 0 radical (unpaired) electrons. The Labute approximate surface area is 109 Å². The summed E-state index contributed by atoms with van der Waals surface area (Å²) < 4.78 is 13.1. The molecule has 4 nitrogen and oxygen atoms in total. The van der Waals surface area contributed by atoms with Gasteiger partial charge in [-0.15, -0.1) is 0 Å². The summed E-state index contributed by atoms with van der Waals surface area (Å²) in [6.07, 6.45) is 0.490. The fourth-order valence-electron chi connectivity index (χ4n) is 2.56. The van der Waals surface area contributed by atoms with Crippen LogP contribution >= 0.6 is 0 Å². The minimum absolute atomic E-state index is 0.178. The van der Waals surface area contributed by atoms with E-state index in [4.69, 9.17) is 0 Å². The molecule has 1 aromatic heterocycles. The zero-order chi connectivity index (χ0) is 13.4. The molecule has 5 heteroatoms. The molecule has 1 atom stereocenters. The summed E-state index contributed by atoms with van der Waals surface area (Å²) in [5, 5.41) is 9.85. The second-order valence-electron chi connectivity index (χ2n) is 5.03. The van der Waals surface area contributed by atoms with Crippen molar-refractivity contribution in [2.24, 2.45) is 0 Å². The van der Waals surface area contributed by atoms with E-state index in [9.17, 15) is 14.3 Å². The number of rotatable bonds is 2. The van der Waals surface area contributed by atoms with Gasteiger partial charge in [0.1, 0.15) is 5.82 Å². The van der Waals surface area contributed by atoms with Crippen LogP contribution < -0.4 is 5.43 Å². The molecule has 1 aliphatic rings. The fraction of sp³-hybridized carbons (Fsp3) is 0.357. The summed E-state index contributed by atoms with van der Waals surface area (Å²) >= 11 is 0. The Bertz CT molecular complexity index is 668. The molecule has 1 fully saturated rings. The highest BCUT2D eigenvalue weighted by atomic mass is 19.1. The van der Waals surface area contributed by atoms with E-state index in [0.717, 1.165) is 18.7 Å². The van der Waals surface area contributed by atoms with E-state index < -0.39 is 5.82 Å². The summed E-state index contributed by atoms with van der Waals surface area (Å²) in [4.78, 5) is 17.2. The first-order valence-corrected chi connectivity index (χ1v) is 6.34. The van der Waals surface area contributed by atoms with Gasteiger partial charge in [0.2, 0.25) is 0 Å². The second-order valence-corrected chi connectivity index (χ2v) is 5.03. The van der Waals surface area contributed by atoms with Crippen LogP contribution in [0.5, 0.6) is 0 Å². The topological polar surface area (TPSA) is 56.3 Å². The van der Waals surface area contributed by atoms with Gasteiger partial charge >= 0.3 is 0 Å². The zero-order valence-electron chi connectivity index (χ0n) is 10.4. The summed E-state index contributed by atoms with van der Waals surface area (Å²) in [6, 6.07) is 5.67. The zero-order valence-corrected chi connectivity index (χ0v) is 10.4. The van der Waals surface area contributed by atoms with Gasteiger partial charge in [-0.05, 0) is 24.6 Å². The number of nitrogens with one attached hydrogen (secondary N) is 1. The highest BCUT2D eigenvalue weighted by Gasteiger charge is 2.20. The number of H-pyrrole nitrogens is 1. The van der Waals surface area contributed by atoms with Gasteiger partial charge in [-0.2, -0.15) is 0 Å². The van der Waals surface area contributed by atoms with Gasteiger partial charge in [0.15, 0.2) is 5.43 Å². The van der Waals surface area contributed by atoms with Gasteiger partial charge < -0.3 is 10.1 Å². The van der Waals surface area contributed by atoms with Crippen molar-refractivity contribution in [3.05, 3.63) is 46.0 Å². The van der Waals surface area contributed by atoms with Crippen molar-refractivity contribution >= 4 is 10.9 Å². The number of nitrogens with zero attached hydrogens (tertiary/aromatic N) is 1. The average molecular weight is 262 g/mol. The number of β-amino-alcohol motifs (C(OH)–C–C–N with tert-alkyl or cyclic N) is 1. The first-order chi connectivity index (χ1) is 9.11. The molecular weight excluding hydrogens is 247 g/mol. The molecule has 0 bridgehead atoms. The third-order valence-corrected chi connectivity index (χ3v) is 3.49. The van der Waals surface area contributed by atoms with Gasteiger partial charge in [-0.1, -0.05) is 0 Å². The van der Waals surface area contributed by atoms with E-state index >= 15 is 0 Å². The Kier molecular flexibility index (Phi) is 3.08. The van der Waals surface area contributed by atoms with Crippen molar-refractivity contribution in [3.63, 3.8) is 0 Å². The maximum atomic E-state index is 13.1. The Morgan fingerprint density at radius 2 is 2.26 bits per heavy atom. The molecule has 19 heavy (non-hydrogen) atoms. The molecule has 2 N–H and O–H groups in total. The lowest BCUT2D eigenvalue weighted by atomic mass is 10.2. The molecule has 1 unspecified atom stereocenters. The number of aliphatic hydroxyl groups is 1. The van der Waals surface area contributed by atoms with Crippen molar-refractivity contribution in [1.82, 2.24) is 9.88 Å². The van der Waals surface area contributed by atoms with Crippen LogP contribution in [0.1, 0.15) is 12.1 Å². The lowest BCUT2D eigenvalue weighted by Gasteiger charge is -2.15. The molecule has 2 aromatic rings. The normalized spacial score (nSPS) is 20.2. The van der Waals surface area contributed by atoms with Gasteiger partial charge in [0.05, 0.1) is 6.10 Å². The number of hydrogen-bond donors (Lipinski definition) is 2. The second kappa shape index (κ2) is 4.75. The molecule has 0 aliphatic carbocycles. The summed E-state index contributed by atoms with van der Waals surface area (Å²) in [5.74, 6) is -0.409. The molecular formula is C14H15FN2O2. The van der Waals surface area contributed by atoms with E-state index in [2.05, 4.69) is 9.88 Å². The summed E-state index contributed by atoms with van der Waals surface area (Å²) in [6.45, 7) is 2.05. The van der Waals surface area contributed by atoms with Crippen LogP contribution in [0.2, 0.25) is 0 Å². The number of aromatic nitrogens is 1. The lowest BCUT2D eigenvalue weighted by molar-refractivity contribution is 0.174. The molecule has 1 aromatic carbocycles. The Morgan fingerprint density at radius 1 is 1.42 bits per heavy atom. The Balaban J connectivity index is 1.93. The molecule has 1 aliphatic heterocycles. The molecule has 100 valence electrons. The van der Waals surface area contributed by atoms with E-state index in [1.54, 1.807) is 6.07 Å². The van der Waals surface area contributed by atoms with Gasteiger partial charge in [-0.25, -0.2) is 4.39 Å². The van der Waals surface area contributed by atoms with Crippen molar-refractivity contribution in [2.45, 2.75) is 19.1 Å². The van der Waals surface area contributed by atoms with Crippen molar-refractivity contribution in [2.75, 3.05) is 13.1 Å². The molecule has 1 saturated heterocycles. The van der Waals surface area contributed by atoms with Crippen LogP contribution in [0.4, 0.5) is 4.39 Å². The highest BCUT2D eigenvalue weighted by Crippen LogP contribution is 2.14. The minimum Gasteiger partial charge on any atom is -0.392 e. The monoisotopic (exact) mass is 262 g/mol. The van der Waals surface area contributed by atoms with E-state index in [0.29, 0.717) is 24.0 Å². The number of fused-ring (bicyclic) bond motifs is 1. The number of halogens is 1. The van der Waals surface area contributed by atoms with E-state index in [1.165, 1.54) is 18.2 Å². The van der Waals surface area contributed by atoms with Gasteiger partial charge in [0.25, 0.3) is 0 Å². The maximum Gasteiger partial charge on any atom is 0.189 e. The van der Waals surface area contributed by atoms with Crippen LogP contribution in [0, 0.1) is 5.82 Å². The number of likely N-dealkylation sites (tertiary alicyclic amines) is 1. The molecule has 0 amide bonds. The SMILES string of the molecule is O=c1cc(CN2CCC(O)C2)[nH]c2ccc(F)cc12. The number of benzene rings is 1. The third-order valence-electron chi connectivity index (χ3n) is 3.49. The maximum absolute atomic E-state index is 13.1. The van der Waals surface area contributed by atoms with Crippen molar-refractivity contribution in [1.29, 1.82) is 0 Å². The van der Waals surface area contributed by atoms with Crippen molar-refractivity contribution in [3.8, 4) is 0 Å². The minimum atomic E-state index is -0.409. The van der Waals surface area contributed by atoms with Crippen molar-refractivity contribution < 1.29 is 9.50 Å². The number of aliphatic hydroxyl groups excluding tert-OH is 1. The molecule has 0 spiro atoms. The molecule has 0 saturated carbocycles. The predicted molar refractivity (Wildman–Crippen MR) is 70.4 cm³/mol. The first kappa shape index (κ1) is 12.3. The fourth-order valence-corrected chi connectivity index (χ4v) is 2.56. The highest BCUT2D eigenvalue weighted by molar-refractivity contribution is 5.78. The molecule has 2 heterocycles. The van der Waals surface area contributed by atoms with Crippen LogP contribution in [-0.4, -0.2) is 34.2 Å². The predicted octanol–water partition coefficient (Wildman–Crippen LogP) is 1.23. The lowest BCUT2D eigenvalue weighted by Crippen LogP contribution is -2.23. The van der Waals surface area contributed by atoms with Crippen LogP contribution in [0.3, 0.4) is 0 Å². The first-order valence-electron chi connectivity index (χ1n) is 6.34. The third kappa shape index (κ3) is 2.52. The number of hydrogen-bond acceptors (Lipinski definition) is 3.